The van der Waals surface area contributed by atoms with E-state index in [2.05, 4.69) is 0 Å². The maximum absolute atomic E-state index is 11.4. The second-order valence-electron chi connectivity index (χ2n) is 5.02. The van der Waals surface area contributed by atoms with Crippen molar-refractivity contribution < 1.29 is 13.2 Å². The zero-order valence-corrected chi connectivity index (χ0v) is 13.8. The summed E-state index contributed by atoms with van der Waals surface area (Å²) in [6.07, 6.45) is 0. The van der Waals surface area contributed by atoms with Crippen LogP contribution in [0.3, 0.4) is 0 Å². The zero-order chi connectivity index (χ0) is 15.6. The third-order valence-electron chi connectivity index (χ3n) is 3.44. The van der Waals surface area contributed by atoms with Crippen molar-refractivity contribution >= 4 is 19.7 Å². The molecule has 0 unspecified atom stereocenters. The molecule has 2 aromatic carbocycles. The van der Waals surface area contributed by atoms with Gasteiger partial charge in [0.25, 0.3) is 9.05 Å². The van der Waals surface area contributed by atoms with Crippen LogP contribution >= 0.6 is 10.7 Å². The van der Waals surface area contributed by atoms with Crippen LogP contribution in [-0.4, -0.2) is 8.42 Å². The second kappa shape index (κ2) is 6.08. The molecular formula is C16H17ClO3S. The summed E-state index contributed by atoms with van der Waals surface area (Å²) in [5.74, 6) is 0.624. The average Bonchev–Trinajstić information content (AvgIpc) is 2.36. The maximum Gasteiger partial charge on any atom is 0.261 e. The van der Waals surface area contributed by atoms with E-state index >= 15 is 0 Å². The molecule has 112 valence electrons. The lowest BCUT2D eigenvalue weighted by Crippen LogP contribution is -2.01. The van der Waals surface area contributed by atoms with Crippen LogP contribution in [-0.2, 0) is 15.7 Å². The van der Waals surface area contributed by atoms with Crippen molar-refractivity contribution in [3.05, 3.63) is 58.7 Å². The zero-order valence-electron chi connectivity index (χ0n) is 12.2. The highest BCUT2D eigenvalue weighted by molar-refractivity contribution is 8.13. The Kier molecular flexibility index (Phi) is 4.59. The van der Waals surface area contributed by atoms with Crippen LogP contribution in [0.15, 0.2) is 41.3 Å². The van der Waals surface area contributed by atoms with Gasteiger partial charge in [0.1, 0.15) is 12.4 Å². The lowest BCUT2D eigenvalue weighted by molar-refractivity contribution is 0.304. The van der Waals surface area contributed by atoms with E-state index in [-0.39, 0.29) is 4.90 Å². The van der Waals surface area contributed by atoms with E-state index in [9.17, 15) is 8.42 Å². The normalized spacial score (nSPS) is 11.4. The first-order valence-corrected chi connectivity index (χ1v) is 8.83. The topological polar surface area (TPSA) is 43.4 Å². The van der Waals surface area contributed by atoms with Crippen LogP contribution in [0.25, 0.3) is 0 Å². The smallest absolute Gasteiger partial charge is 0.261 e. The van der Waals surface area contributed by atoms with Gasteiger partial charge < -0.3 is 4.74 Å². The summed E-state index contributed by atoms with van der Waals surface area (Å²) < 4.78 is 28.5. The lowest BCUT2D eigenvalue weighted by Gasteiger charge is -2.12. The number of hydrogen-bond acceptors (Lipinski definition) is 3. The second-order valence-corrected chi connectivity index (χ2v) is 7.56. The van der Waals surface area contributed by atoms with Gasteiger partial charge >= 0.3 is 0 Å². The predicted octanol–water partition coefficient (Wildman–Crippen LogP) is 4.12. The molecule has 0 aliphatic carbocycles. The molecule has 0 aliphatic rings. The molecule has 0 saturated carbocycles. The molecule has 0 spiro atoms. The Morgan fingerprint density at radius 2 is 1.62 bits per heavy atom. The molecule has 0 saturated heterocycles. The molecule has 0 heterocycles. The first-order chi connectivity index (χ1) is 9.79. The van der Waals surface area contributed by atoms with Gasteiger partial charge in [-0.3, -0.25) is 0 Å². The van der Waals surface area contributed by atoms with Crippen LogP contribution in [0.2, 0.25) is 0 Å². The van der Waals surface area contributed by atoms with Gasteiger partial charge in [-0.05, 0) is 61.2 Å². The summed E-state index contributed by atoms with van der Waals surface area (Å²) in [7, 11) is 1.65. The fraction of sp³-hybridized carbons (Fsp3) is 0.250. The molecule has 0 amide bonds. The quantitative estimate of drug-likeness (QED) is 0.795. The Morgan fingerprint density at radius 1 is 1.00 bits per heavy atom. The Bertz CT molecular complexity index is 747. The van der Waals surface area contributed by atoms with E-state index in [1.165, 1.54) is 17.2 Å². The summed E-state index contributed by atoms with van der Waals surface area (Å²) >= 11 is 0. The van der Waals surface area contributed by atoms with Crippen molar-refractivity contribution in [2.24, 2.45) is 0 Å². The van der Waals surface area contributed by atoms with E-state index in [4.69, 9.17) is 15.4 Å². The van der Waals surface area contributed by atoms with Gasteiger partial charge in [0, 0.05) is 10.7 Å². The molecule has 0 fully saturated rings. The minimum absolute atomic E-state index is 0.114. The van der Waals surface area contributed by atoms with Crippen LogP contribution in [0, 0.1) is 20.8 Å². The first kappa shape index (κ1) is 15.9. The third-order valence-corrected chi connectivity index (χ3v) is 4.92. The van der Waals surface area contributed by atoms with Crippen molar-refractivity contribution in [2.75, 3.05) is 0 Å². The summed E-state index contributed by atoms with van der Waals surface area (Å²) in [6, 6.07) is 10.9. The van der Waals surface area contributed by atoms with Crippen LogP contribution in [0.1, 0.15) is 22.3 Å². The molecule has 3 nitrogen and oxygen atoms in total. The van der Waals surface area contributed by atoms with Crippen molar-refractivity contribution in [3.63, 3.8) is 0 Å². The van der Waals surface area contributed by atoms with Crippen molar-refractivity contribution in [2.45, 2.75) is 32.3 Å². The fourth-order valence-corrected chi connectivity index (χ4v) is 3.41. The molecule has 5 heteroatoms. The summed E-state index contributed by atoms with van der Waals surface area (Å²) in [6.45, 7) is 6.23. The highest BCUT2D eigenvalue weighted by atomic mass is 35.7. The number of rotatable bonds is 4. The summed E-state index contributed by atoms with van der Waals surface area (Å²) in [5.41, 5.74) is 4.06. The predicted molar refractivity (Wildman–Crippen MR) is 84.5 cm³/mol. The van der Waals surface area contributed by atoms with E-state index in [1.54, 1.807) is 19.1 Å². The van der Waals surface area contributed by atoms with Crippen LogP contribution in [0.5, 0.6) is 5.75 Å². The number of hydrogen-bond donors (Lipinski definition) is 0. The minimum atomic E-state index is -3.71. The van der Waals surface area contributed by atoms with Crippen molar-refractivity contribution in [1.29, 1.82) is 0 Å². The molecule has 2 aromatic rings. The third kappa shape index (κ3) is 3.77. The van der Waals surface area contributed by atoms with E-state index in [0.29, 0.717) is 17.9 Å². The fourth-order valence-electron chi connectivity index (χ4n) is 2.22. The number of halogens is 1. The van der Waals surface area contributed by atoms with E-state index in [1.807, 2.05) is 32.0 Å². The molecule has 0 aliphatic heterocycles. The SMILES string of the molecule is Cc1cc(OCc2c(C)cccc2C)ccc1S(=O)(=O)Cl. The monoisotopic (exact) mass is 324 g/mol. The van der Waals surface area contributed by atoms with Crippen LogP contribution < -0.4 is 4.74 Å². The molecule has 0 aromatic heterocycles. The van der Waals surface area contributed by atoms with Gasteiger partial charge in [-0.15, -0.1) is 0 Å². The van der Waals surface area contributed by atoms with Crippen LogP contribution in [0.4, 0.5) is 0 Å². The maximum atomic E-state index is 11.4. The van der Waals surface area contributed by atoms with Gasteiger partial charge in [-0.25, -0.2) is 8.42 Å². The lowest BCUT2D eigenvalue weighted by atomic mass is 10.0. The van der Waals surface area contributed by atoms with Gasteiger partial charge in [0.15, 0.2) is 0 Å². The molecule has 0 bridgehead atoms. The Hall–Kier alpha value is -1.52. The Labute approximate surface area is 129 Å². The van der Waals surface area contributed by atoms with Gasteiger partial charge in [-0.1, -0.05) is 18.2 Å². The van der Waals surface area contributed by atoms with E-state index in [0.717, 1.165) is 5.56 Å². The minimum Gasteiger partial charge on any atom is -0.489 e. The molecule has 0 radical (unpaired) electrons. The van der Waals surface area contributed by atoms with Gasteiger partial charge in [-0.2, -0.15) is 0 Å². The van der Waals surface area contributed by atoms with Crippen molar-refractivity contribution in [3.8, 4) is 5.75 Å². The van der Waals surface area contributed by atoms with Crippen molar-refractivity contribution in [1.82, 2.24) is 0 Å². The van der Waals surface area contributed by atoms with Gasteiger partial charge in [0.05, 0.1) is 4.90 Å². The highest BCUT2D eigenvalue weighted by Crippen LogP contribution is 2.25. The molecule has 21 heavy (non-hydrogen) atoms. The molecule has 2 rings (SSSR count). The Balaban J connectivity index is 2.20. The number of aryl methyl sites for hydroxylation is 3. The molecular weight excluding hydrogens is 308 g/mol. The largest absolute Gasteiger partial charge is 0.489 e. The standard InChI is InChI=1S/C16H17ClO3S/c1-11-5-4-6-12(2)15(11)10-20-14-7-8-16(13(3)9-14)21(17,18)19/h4-9H,10H2,1-3H3. The Morgan fingerprint density at radius 3 is 2.14 bits per heavy atom. The number of ether oxygens (including phenoxy) is 1. The van der Waals surface area contributed by atoms with E-state index < -0.39 is 9.05 Å². The van der Waals surface area contributed by atoms with Gasteiger partial charge in [0.2, 0.25) is 0 Å². The highest BCUT2D eigenvalue weighted by Gasteiger charge is 2.14. The summed E-state index contributed by atoms with van der Waals surface area (Å²) in [4.78, 5) is 0.114. The molecule has 0 atom stereocenters. The number of benzene rings is 2. The molecule has 0 N–H and O–H groups in total. The summed E-state index contributed by atoms with van der Waals surface area (Å²) in [5, 5.41) is 0. The first-order valence-electron chi connectivity index (χ1n) is 6.52. The average molecular weight is 325 g/mol.